The van der Waals surface area contributed by atoms with Crippen LogP contribution in [0, 0.1) is 11.6 Å². The molecule has 0 aliphatic carbocycles. The van der Waals surface area contributed by atoms with E-state index in [9.17, 15) is 13.6 Å². The summed E-state index contributed by atoms with van der Waals surface area (Å²) < 4.78 is 26.3. The smallest absolute Gasteiger partial charge is 0.336 e. The standard InChI is InChI=1S/C14H10BrF2NO2/c15-11-6-9(2-3-10(11)14(19)20)18-7-8-1-4-12(16)13(17)5-8/h1-6,18H,7H2,(H,19,20). The third-order valence-corrected chi connectivity index (χ3v) is 3.34. The Labute approximate surface area is 122 Å². The van der Waals surface area contributed by atoms with E-state index in [0.717, 1.165) is 12.1 Å². The van der Waals surface area contributed by atoms with Crippen LogP contribution in [0.15, 0.2) is 40.9 Å². The molecule has 2 rings (SSSR count). The molecule has 20 heavy (non-hydrogen) atoms. The van der Waals surface area contributed by atoms with Gasteiger partial charge in [0.05, 0.1) is 5.56 Å². The second kappa shape index (κ2) is 6.00. The topological polar surface area (TPSA) is 49.3 Å². The third-order valence-electron chi connectivity index (χ3n) is 2.68. The maximum Gasteiger partial charge on any atom is 0.336 e. The summed E-state index contributed by atoms with van der Waals surface area (Å²) in [7, 11) is 0. The Kier molecular flexibility index (Phi) is 4.34. The molecule has 0 amide bonds. The molecule has 0 saturated heterocycles. The summed E-state index contributed by atoms with van der Waals surface area (Å²) in [5, 5.41) is 11.9. The van der Waals surface area contributed by atoms with Crippen LogP contribution >= 0.6 is 15.9 Å². The molecule has 6 heteroatoms. The van der Waals surface area contributed by atoms with Crippen LogP contribution in [-0.2, 0) is 6.54 Å². The number of carbonyl (C=O) groups is 1. The van der Waals surface area contributed by atoms with Crippen molar-refractivity contribution in [3.05, 3.63) is 63.6 Å². The minimum absolute atomic E-state index is 0.156. The normalized spacial score (nSPS) is 10.3. The van der Waals surface area contributed by atoms with Crippen LogP contribution < -0.4 is 5.32 Å². The molecule has 0 radical (unpaired) electrons. The number of hydrogen-bond acceptors (Lipinski definition) is 2. The first-order chi connectivity index (χ1) is 9.47. The Morgan fingerprint density at radius 3 is 2.50 bits per heavy atom. The minimum Gasteiger partial charge on any atom is -0.478 e. The fraction of sp³-hybridized carbons (Fsp3) is 0.0714. The van der Waals surface area contributed by atoms with Gasteiger partial charge in [0.2, 0.25) is 0 Å². The molecule has 0 heterocycles. The van der Waals surface area contributed by atoms with Crippen LogP contribution in [0.2, 0.25) is 0 Å². The second-order valence-corrected chi connectivity index (χ2v) is 4.96. The highest BCUT2D eigenvalue weighted by atomic mass is 79.9. The van der Waals surface area contributed by atoms with Gasteiger partial charge in [0, 0.05) is 16.7 Å². The van der Waals surface area contributed by atoms with Gasteiger partial charge in [-0.05, 0) is 51.8 Å². The van der Waals surface area contributed by atoms with Crippen molar-refractivity contribution in [2.45, 2.75) is 6.54 Å². The molecule has 3 nitrogen and oxygen atoms in total. The first kappa shape index (κ1) is 14.5. The molecule has 2 aromatic carbocycles. The Hall–Kier alpha value is -1.95. The van der Waals surface area contributed by atoms with Gasteiger partial charge in [0.25, 0.3) is 0 Å². The number of hydrogen-bond donors (Lipinski definition) is 2. The first-order valence-electron chi connectivity index (χ1n) is 5.68. The Bertz CT molecular complexity index is 662. The zero-order valence-electron chi connectivity index (χ0n) is 10.2. The first-order valence-corrected chi connectivity index (χ1v) is 6.47. The largest absolute Gasteiger partial charge is 0.478 e. The van der Waals surface area contributed by atoms with Crippen molar-refractivity contribution in [2.24, 2.45) is 0 Å². The molecule has 0 unspecified atom stereocenters. The van der Waals surface area contributed by atoms with Gasteiger partial charge in [-0.15, -0.1) is 0 Å². The zero-order chi connectivity index (χ0) is 14.7. The SMILES string of the molecule is O=C(O)c1ccc(NCc2ccc(F)c(F)c2)cc1Br. The highest BCUT2D eigenvalue weighted by Gasteiger charge is 2.08. The number of carboxylic acid groups (broad SMARTS) is 1. The van der Waals surface area contributed by atoms with Crippen molar-refractivity contribution in [3.8, 4) is 0 Å². The Balaban J connectivity index is 2.09. The molecule has 0 fully saturated rings. The minimum atomic E-state index is -1.02. The van der Waals surface area contributed by atoms with E-state index in [1.165, 1.54) is 12.1 Å². The van der Waals surface area contributed by atoms with Crippen molar-refractivity contribution in [3.63, 3.8) is 0 Å². The van der Waals surface area contributed by atoms with E-state index in [0.29, 0.717) is 22.3 Å². The van der Waals surface area contributed by atoms with Gasteiger partial charge in [-0.25, -0.2) is 13.6 Å². The van der Waals surface area contributed by atoms with E-state index in [1.54, 1.807) is 12.1 Å². The van der Waals surface area contributed by atoms with Crippen LogP contribution in [0.5, 0.6) is 0 Å². The van der Waals surface area contributed by atoms with Crippen molar-refractivity contribution in [1.82, 2.24) is 0 Å². The van der Waals surface area contributed by atoms with E-state index in [4.69, 9.17) is 5.11 Å². The molecule has 2 N–H and O–H groups in total. The number of anilines is 1. The lowest BCUT2D eigenvalue weighted by atomic mass is 10.2. The van der Waals surface area contributed by atoms with E-state index < -0.39 is 17.6 Å². The fourth-order valence-corrected chi connectivity index (χ4v) is 2.20. The number of benzene rings is 2. The van der Waals surface area contributed by atoms with Gasteiger partial charge in [0.15, 0.2) is 11.6 Å². The van der Waals surface area contributed by atoms with E-state index in [-0.39, 0.29) is 5.56 Å². The van der Waals surface area contributed by atoms with Crippen LogP contribution in [0.1, 0.15) is 15.9 Å². The molecular formula is C14H10BrF2NO2. The summed E-state index contributed by atoms with van der Waals surface area (Å²) in [6.07, 6.45) is 0. The quantitative estimate of drug-likeness (QED) is 0.882. The molecule has 0 bridgehead atoms. The predicted octanol–water partition coefficient (Wildman–Crippen LogP) is 4.04. The van der Waals surface area contributed by atoms with Crippen LogP contribution in [-0.4, -0.2) is 11.1 Å². The summed E-state index contributed by atoms with van der Waals surface area (Å²) in [6.45, 7) is 0.302. The maximum absolute atomic E-state index is 13.0. The van der Waals surface area contributed by atoms with E-state index >= 15 is 0 Å². The van der Waals surface area contributed by atoms with Crippen molar-refractivity contribution >= 4 is 27.6 Å². The van der Waals surface area contributed by atoms with Gasteiger partial charge in [0.1, 0.15) is 0 Å². The van der Waals surface area contributed by atoms with Crippen LogP contribution in [0.3, 0.4) is 0 Å². The summed E-state index contributed by atoms with van der Waals surface area (Å²) in [5.41, 5.74) is 1.41. The lowest BCUT2D eigenvalue weighted by Crippen LogP contribution is -2.02. The molecule has 0 saturated carbocycles. The maximum atomic E-state index is 13.0. The monoisotopic (exact) mass is 341 g/mol. The summed E-state index contributed by atoms with van der Waals surface area (Å²) >= 11 is 3.16. The van der Waals surface area contributed by atoms with E-state index in [2.05, 4.69) is 21.2 Å². The van der Waals surface area contributed by atoms with Crippen molar-refractivity contribution < 1.29 is 18.7 Å². The zero-order valence-corrected chi connectivity index (χ0v) is 11.7. The van der Waals surface area contributed by atoms with E-state index in [1.807, 2.05) is 0 Å². The van der Waals surface area contributed by atoms with Gasteiger partial charge >= 0.3 is 5.97 Å². The second-order valence-electron chi connectivity index (χ2n) is 4.10. The number of rotatable bonds is 4. The molecule has 0 aliphatic rings. The van der Waals surface area contributed by atoms with Gasteiger partial charge in [-0.3, -0.25) is 0 Å². The third kappa shape index (κ3) is 3.33. The molecule has 0 atom stereocenters. The summed E-state index contributed by atoms with van der Waals surface area (Å²) in [6, 6.07) is 8.34. The molecule has 0 aliphatic heterocycles. The molecular weight excluding hydrogens is 332 g/mol. The number of halogens is 3. The fourth-order valence-electron chi connectivity index (χ4n) is 1.65. The summed E-state index contributed by atoms with van der Waals surface area (Å²) in [4.78, 5) is 10.9. The summed E-state index contributed by atoms with van der Waals surface area (Å²) in [5.74, 6) is -2.81. The van der Waals surface area contributed by atoms with Crippen LogP contribution in [0.25, 0.3) is 0 Å². The lowest BCUT2D eigenvalue weighted by molar-refractivity contribution is 0.0696. The lowest BCUT2D eigenvalue weighted by Gasteiger charge is -2.08. The van der Waals surface area contributed by atoms with Gasteiger partial charge in [-0.1, -0.05) is 6.07 Å². The Morgan fingerprint density at radius 2 is 1.90 bits per heavy atom. The average Bonchev–Trinajstić information content (AvgIpc) is 2.40. The van der Waals surface area contributed by atoms with Crippen molar-refractivity contribution in [1.29, 1.82) is 0 Å². The Morgan fingerprint density at radius 1 is 1.15 bits per heavy atom. The number of aromatic carboxylic acids is 1. The predicted molar refractivity (Wildman–Crippen MR) is 74.8 cm³/mol. The molecule has 104 valence electrons. The van der Waals surface area contributed by atoms with Gasteiger partial charge < -0.3 is 10.4 Å². The molecule has 0 aromatic heterocycles. The van der Waals surface area contributed by atoms with Crippen LogP contribution in [0.4, 0.5) is 14.5 Å². The molecule has 0 spiro atoms. The van der Waals surface area contributed by atoms with Crippen molar-refractivity contribution in [2.75, 3.05) is 5.32 Å². The highest BCUT2D eigenvalue weighted by molar-refractivity contribution is 9.10. The number of nitrogens with one attached hydrogen (secondary N) is 1. The van der Waals surface area contributed by atoms with Gasteiger partial charge in [-0.2, -0.15) is 0 Å². The number of carboxylic acids is 1. The average molecular weight is 342 g/mol. The highest BCUT2D eigenvalue weighted by Crippen LogP contribution is 2.22. The molecule has 2 aromatic rings.